The molecule has 0 spiro atoms. The van der Waals surface area contributed by atoms with Gasteiger partial charge in [-0.2, -0.15) is 0 Å². The molecule has 0 aromatic heterocycles. The van der Waals surface area contributed by atoms with Crippen LogP contribution in [0, 0.1) is 0 Å². The van der Waals surface area contributed by atoms with E-state index in [2.05, 4.69) is 0 Å². The Kier molecular flexibility index (Phi) is 5.52. The van der Waals surface area contributed by atoms with Crippen LogP contribution < -0.4 is 9.47 Å². The van der Waals surface area contributed by atoms with Gasteiger partial charge >= 0.3 is 0 Å². The first kappa shape index (κ1) is 16.7. The van der Waals surface area contributed by atoms with Gasteiger partial charge in [-0.3, -0.25) is 9.59 Å². The lowest BCUT2D eigenvalue weighted by Gasteiger charge is -2.14. The van der Waals surface area contributed by atoms with Crippen molar-refractivity contribution in [2.24, 2.45) is 0 Å². The fraction of sp³-hybridized carbons (Fsp3) is 0.263. The van der Waals surface area contributed by atoms with Crippen LogP contribution in [0.15, 0.2) is 42.5 Å². The van der Waals surface area contributed by atoms with Crippen LogP contribution in [0.1, 0.15) is 47.1 Å². The van der Waals surface area contributed by atoms with Crippen LogP contribution >= 0.6 is 0 Å². The largest absolute Gasteiger partial charge is 0.493 e. The third-order valence-corrected chi connectivity index (χ3v) is 3.42. The van der Waals surface area contributed by atoms with Crippen molar-refractivity contribution < 1.29 is 19.1 Å². The molecule has 120 valence electrons. The molecule has 0 aliphatic carbocycles. The molecule has 23 heavy (non-hydrogen) atoms. The summed E-state index contributed by atoms with van der Waals surface area (Å²) in [4.78, 5) is 23.2. The van der Waals surface area contributed by atoms with Crippen LogP contribution in [0.3, 0.4) is 0 Å². The van der Waals surface area contributed by atoms with Gasteiger partial charge in [-0.25, -0.2) is 0 Å². The Hall–Kier alpha value is -2.62. The van der Waals surface area contributed by atoms with E-state index in [1.165, 1.54) is 13.8 Å². The Morgan fingerprint density at radius 3 is 2.30 bits per heavy atom. The zero-order chi connectivity index (χ0) is 16.8. The zero-order valence-corrected chi connectivity index (χ0v) is 13.6. The predicted molar refractivity (Wildman–Crippen MR) is 88.4 cm³/mol. The number of ketones is 2. The highest BCUT2D eigenvalue weighted by molar-refractivity contribution is 5.96. The number of hydrogen-bond acceptors (Lipinski definition) is 4. The average molecular weight is 312 g/mol. The van der Waals surface area contributed by atoms with E-state index in [0.29, 0.717) is 29.2 Å². The Morgan fingerprint density at radius 2 is 1.65 bits per heavy atom. The standard InChI is InChI=1S/C19H20O4/c1-4-22-18-10-9-15(13(2)20)11-16(18)12-23-19-8-6-5-7-17(19)14(3)21/h5-11H,4,12H2,1-3H3. The lowest BCUT2D eigenvalue weighted by atomic mass is 10.1. The van der Waals surface area contributed by atoms with Gasteiger partial charge in [-0.1, -0.05) is 12.1 Å². The third kappa shape index (κ3) is 4.19. The molecule has 0 atom stereocenters. The van der Waals surface area contributed by atoms with E-state index in [1.54, 1.807) is 36.4 Å². The fourth-order valence-electron chi connectivity index (χ4n) is 2.25. The van der Waals surface area contributed by atoms with Gasteiger partial charge < -0.3 is 9.47 Å². The van der Waals surface area contributed by atoms with Crippen LogP contribution in [0.25, 0.3) is 0 Å². The topological polar surface area (TPSA) is 52.6 Å². The normalized spacial score (nSPS) is 10.2. The molecule has 0 N–H and O–H groups in total. The number of carbonyl (C=O) groups excluding carboxylic acids is 2. The van der Waals surface area contributed by atoms with Crippen LogP contribution in [0.5, 0.6) is 11.5 Å². The molecule has 0 unspecified atom stereocenters. The summed E-state index contributed by atoms with van der Waals surface area (Å²) in [6.45, 7) is 5.67. The smallest absolute Gasteiger partial charge is 0.163 e. The van der Waals surface area contributed by atoms with E-state index in [-0.39, 0.29) is 18.2 Å². The molecule has 0 aliphatic rings. The quantitative estimate of drug-likeness (QED) is 0.723. The molecule has 0 fully saturated rings. The SMILES string of the molecule is CCOc1ccc(C(C)=O)cc1COc1ccccc1C(C)=O. The molecular weight excluding hydrogens is 292 g/mol. The highest BCUT2D eigenvalue weighted by Gasteiger charge is 2.11. The van der Waals surface area contributed by atoms with Crippen LogP contribution in [0.2, 0.25) is 0 Å². The second kappa shape index (κ2) is 7.58. The maximum atomic E-state index is 11.6. The van der Waals surface area contributed by atoms with Crippen molar-refractivity contribution in [3.63, 3.8) is 0 Å². The molecular formula is C19H20O4. The van der Waals surface area contributed by atoms with E-state index in [4.69, 9.17) is 9.47 Å². The summed E-state index contributed by atoms with van der Waals surface area (Å²) in [5.41, 5.74) is 1.91. The number of Topliss-reactive ketones (excluding diaryl/α,β-unsaturated/α-hetero) is 2. The van der Waals surface area contributed by atoms with Gasteiger partial charge in [0, 0.05) is 11.1 Å². The predicted octanol–water partition coefficient (Wildman–Crippen LogP) is 4.07. The van der Waals surface area contributed by atoms with Gasteiger partial charge in [0.1, 0.15) is 18.1 Å². The Bertz CT molecular complexity index is 719. The number of benzene rings is 2. The molecule has 4 nitrogen and oxygen atoms in total. The van der Waals surface area contributed by atoms with E-state index in [0.717, 1.165) is 5.56 Å². The number of carbonyl (C=O) groups is 2. The van der Waals surface area contributed by atoms with E-state index in [1.807, 2.05) is 13.0 Å². The summed E-state index contributed by atoms with van der Waals surface area (Å²) in [7, 11) is 0. The molecule has 2 aromatic carbocycles. The molecule has 0 aliphatic heterocycles. The van der Waals surface area contributed by atoms with Gasteiger partial charge in [0.15, 0.2) is 11.6 Å². The first-order valence-corrected chi connectivity index (χ1v) is 7.52. The highest BCUT2D eigenvalue weighted by Crippen LogP contribution is 2.25. The molecule has 2 aromatic rings. The van der Waals surface area contributed by atoms with Crippen LogP contribution in [0.4, 0.5) is 0 Å². The number of ether oxygens (including phenoxy) is 2. The van der Waals surface area contributed by atoms with Gasteiger partial charge in [0.2, 0.25) is 0 Å². The monoisotopic (exact) mass is 312 g/mol. The summed E-state index contributed by atoms with van der Waals surface area (Å²) < 4.78 is 11.4. The first-order valence-electron chi connectivity index (χ1n) is 7.52. The number of rotatable bonds is 7. The second-order valence-corrected chi connectivity index (χ2v) is 5.15. The molecule has 4 heteroatoms. The van der Waals surface area contributed by atoms with Gasteiger partial charge in [0.25, 0.3) is 0 Å². The Labute approximate surface area is 136 Å². The van der Waals surface area contributed by atoms with Gasteiger partial charge in [-0.15, -0.1) is 0 Å². The highest BCUT2D eigenvalue weighted by atomic mass is 16.5. The van der Waals surface area contributed by atoms with Crippen molar-refractivity contribution in [3.8, 4) is 11.5 Å². The summed E-state index contributed by atoms with van der Waals surface area (Å²) >= 11 is 0. The van der Waals surface area contributed by atoms with Crippen molar-refractivity contribution in [1.29, 1.82) is 0 Å². The molecule has 0 saturated carbocycles. The minimum absolute atomic E-state index is 0.0153. The van der Waals surface area contributed by atoms with E-state index < -0.39 is 0 Å². The minimum Gasteiger partial charge on any atom is -0.493 e. The van der Waals surface area contributed by atoms with Crippen LogP contribution in [-0.4, -0.2) is 18.2 Å². The molecule has 0 saturated heterocycles. The lowest BCUT2D eigenvalue weighted by molar-refractivity contribution is 0.100. The summed E-state index contributed by atoms with van der Waals surface area (Å²) in [5, 5.41) is 0. The molecule has 0 amide bonds. The molecule has 0 bridgehead atoms. The molecule has 0 heterocycles. The average Bonchev–Trinajstić information content (AvgIpc) is 2.54. The number of hydrogen-bond donors (Lipinski definition) is 0. The maximum Gasteiger partial charge on any atom is 0.163 e. The number of para-hydroxylation sites is 1. The van der Waals surface area contributed by atoms with Crippen molar-refractivity contribution in [2.45, 2.75) is 27.4 Å². The first-order chi connectivity index (χ1) is 11.0. The Balaban J connectivity index is 2.27. The molecule has 0 radical (unpaired) electrons. The van der Waals surface area contributed by atoms with Gasteiger partial charge in [0.05, 0.1) is 12.2 Å². The third-order valence-electron chi connectivity index (χ3n) is 3.42. The maximum absolute atomic E-state index is 11.6. The summed E-state index contributed by atoms with van der Waals surface area (Å²) in [5.74, 6) is 1.13. The van der Waals surface area contributed by atoms with Crippen molar-refractivity contribution >= 4 is 11.6 Å². The van der Waals surface area contributed by atoms with Crippen molar-refractivity contribution in [1.82, 2.24) is 0 Å². The van der Waals surface area contributed by atoms with Crippen molar-refractivity contribution in [3.05, 3.63) is 59.2 Å². The van der Waals surface area contributed by atoms with E-state index in [9.17, 15) is 9.59 Å². The van der Waals surface area contributed by atoms with Gasteiger partial charge in [-0.05, 0) is 51.1 Å². The fourth-order valence-corrected chi connectivity index (χ4v) is 2.25. The summed E-state index contributed by atoms with van der Waals surface area (Å²) in [6.07, 6.45) is 0. The van der Waals surface area contributed by atoms with E-state index >= 15 is 0 Å². The summed E-state index contributed by atoms with van der Waals surface area (Å²) in [6, 6.07) is 12.4. The van der Waals surface area contributed by atoms with Crippen molar-refractivity contribution in [2.75, 3.05) is 6.61 Å². The minimum atomic E-state index is -0.0527. The molecule has 2 rings (SSSR count). The lowest BCUT2D eigenvalue weighted by Crippen LogP contribution is -2.05. The van der Waals surface area contributed by atoms with Crippen LogP contribution in [-0.2, 0) is 6.61 Å². The Morgan fingerprint density at radius 1 is 0.913 bits per heavy atom. The second-order valence-electron chi connectivity index (χ2n) is 5.15. The zero-order valence-electron chi connectivity index (χ0n) is 13.6.